The van der Waals surface area contributed by atoms with Crippen LogP contribution in [0, 0.1) is 0 Å². The van der Waals surface area contributed by atoms with Crippen LogP contribution in [0.4, 0.5) is 5.69 Å². The van der Waals surface area contributed by atoms with E-state index in [-0.39, 0.29) is 5.91 Å². The number of amides is 1. The summed E-state index contributed by atoms with van der Waals surface area (Å²) in [6, 6.07) is 8.64. The number of hydrogen-bond donors (Lipinski definition) is 1. The number of likely N-dealkylation sites (tertiary alicyclic amines) is 1. The Kier molecular flexibility index (Phi) is 8.82. The van der Waals surface area contributed by atoms with Crippen molar-refractivity contribution in [3.63, 3.8) is 0 Å². The summed E-state index contributed by atoms with van der Waals surface area (Å²) in [4.78, 5) is 19.1. The summed E-state index contributed by atoms with van der Waals surface area (Å²) in [7, 11) is 1.68. The Labute approximate surface area is 196 Å². The molecule has 1 atom stereocenters. The van der Waals surface area contributed by atoms with Crippen molar-refractivity contribution < 1.29 is 14.3 Å². The Balaban J connectivity index is 1.83. The molecule has 0 aliphatic carbocycles. The Bertz CT molecular complexity index is 895. The van der Waals surface area contributed by atoms with Crippen molar-refractivity contribution in [3.8, 4) is 21.9 Å². The molecule has 1 N–H and O–H groups in total. The van der Waals surface area contributed by atoms with E-state index in [1.807, 2.05) is 19.1 Å². The van der Waals surface area contributed by atoms with Crippen LogP contribution in [0.3, 0.4) is 0 Å². The molecule has 1 aromatic heterocycles. The fraction of sp³-hybridized carbons (Fsp3) is 0.560. The summed E-state index contributed by atoms with van der Waals surface area (Å²) in [5, 5.41) is 3.11. The quantitative estimate of drug-likeness (QED) is 0.499. The zero-order valence-electron chi connectivity index (χ0n) is 20.1. The number of thiophene rings is 1. The van der Waals surface area contributed by atoms with Crippen molar-refractivity contribution in [2.75, 3.05) is 44.9 Å². The van der Waals surface area contributed by atoms with Gasteiger partial charge in [0.05, 0.1) is 30.9 Å². The molecule has 0 saturated carbocycles. The van der Waals surface area contributed by atoms with Gasteiger partial charge in [-0.15, -0.1) is 11.3 Å². The standard InChI is InChI=1S/C25H37N3O3S/c1-6-18-11-10-16-28(18)17-26-25(29)22-15-14-21(32-22)19-12-13-20(27(7-2)8-3)24(30-5)23(19)31-9-4/h12-15,18H,6-11,16-17H2,1-5H3,(H,26,29). The fourth-order valence-electron chi connectivity index (χ4n) is 4.48. The molecule has 1 aliphatic rings. The van der Waals surface area contributed by atoms with Gasteiger partial charge in [-0.1, -0.05) is 6.92 Å². The molecule has 6 nitrogen and oxygen atoms in total. The van der Waals surface area contributed by atoms with Gasteiger partial charge in [0.1, 0.15) is 0 Å². The first kappa shape index (κ1) is 24.4. The number of hydrogen-bond acceptors (Lipinski definition) is 6. The van der Waals surface area contributed by atoms with E-state index in [2.05, 4.69) is 48.0 Å². The first-order chi connectivity index (χ1) is 15.6. The highest BCUT2D eigenvalue weighted by atomic mass is 32.1. The first-order valence-electron chi connectivity index (χ1n) is 11.8. The van der Waals surface area contributed by atoms with Crippen LogP contribution in [0.15, 0.2) is 24.3 Å². The van der Waals surface area contributed by atoms with Gasteiger partial charge < -0.3 is 19.7 Å². The molecule has 0 radical (unpaired) electrons. The predicted molar refractivity (Wildman–Crippen MR) is 133 cm³/mol. The zero-order chi connectivity index (χ0) is 23.1. The lowest BCUT2D eigenvalue weighted by Gasteiger charge is -2.25. The van der Waals surface area contributed by atoms with Crippen LogP contribution in [0.1, 0.15) is 56.6 Å². The summed E-state index contributed by atoms with van der Waals surface area (Å²) in [6.07, 6.45) is 3.56. The van der Waals surface area contributed by atoms with Crippen LogP contribution in [0.5, 0.6) is 11.5 Å². The van der Waals surface area contributed by atoms with Crippen LogP contribution in [-0.4, -0.2) is 56.9 Å². The van der Waals surface area contributed by atoms with Crippen LogP contribution < -0.4 is 19.7 Å². The highest BCUT2D eigenvalue weighted by Gasteiger charge is 2.24. The lowest BCUT2D eigenvalue weighted by atomic mass is 10.1. The molecule has 0 bridgehead atoms. The number of anilines is 1. The van der Waals surface area contributed by atoms with Crippen LogP contribution >= 0.6 is 11.3 Å². The Morgan fingerprint density at radius 3 is 2.59 bits per heavy atom. The largest absolute Gasteiger partial charge is 0.491 e. The zero-order valence-corrected chi connectivity index (χ0v) is 20.9. The van der Waals surface area contributed by atoms with E-state index in [1.165, 1.54) is 24.2 Å². The van der Waals surface area contributed by atoms with E-state index in [4.69, 9.17) is 9.47 Å². The van der Waals surface area contributed by atoms with E-state index >= 15 is 0 Å². The van der Waals surface area contributed by atoms with Gasteiger partial charge in [0, 0.05) is 36.1 Å². The van der Waals surface area contributed by atoms with Crippen LogP contribution in [0.2, 0.25) is 0 Å². The van der Waals surface area contributed by atoms with Crippen molar-refractivity contribution in [2.24, 2.45) is 0 Å². The lowest BCUT2D eigenvalue weighted by Crippen LogP contribution is -2.39. The molecule has 1 aliphatic heterocycles. The van der Waals surface area contributed by atoms with Crippen molar-refractivity contribution in [1.82, 2.24) is 10.2 Å². The maximum absolute atomic E-state index is 12.8. The van der Waals surface area contributed by atoms with Crippen LogP contribution in [-0.2, 0) is 0 Å². The summed E-state index contributed by atoms with van der Waals surface area (Å²) < 4.78 is 11.8. The van der Waals surface area contributed by atoms with Gasteiger partial charge in [-0.3, -0.25) is 9.69 Å². The van der Waals surface area contributed by atoms with Gasteiger partial charge in [-0.25, -0.2) is 0 Å². The molecule has 1 fully saturated rings. The topological polar surface area (TPSA) is 54.0 Å². The number of benzene rings is 1. The van der Waals surface area contributed by atoms with Gasteiger partial charge in [-0.05, 0) is 64.3 Å². The normalized spacial score (nSPS) is 16.2. The average Bonchev–Trinajstić information content (AvgIpc) is 3.48. The minimum Gasteiger partial charge on any atom is -0.491 e. The van der Waals surface area contributed by atoms with Gasteiger partial charge >= 0.3 is 0 Å². The smallest absolute Gasteiger partial charge is 0.262 e. The molecule has 1 aromatic carbocycles. The average molecular weight is 460 g/mol. The number of nitrogens with one attached hydrogen (secondary N) is 1. The van der Waals surface area contributed by atoms with Crippen molar-refractivity contribution in [3.05, 3.63) is 29.1 Å². The van der Waals surface area contributed by atoms with Gasteiger partial charge in [-0.2, -0.15) is 0 Å². The molecule has 1 unspecified atom stereocenters. The van der Waals surface area contributed by atoms with Gasteiger partial charge in [0.25, 0.3) is 5.91 Å². The number of carbonyl (C=O) groups excluding carboxylic acids is 1. The Hall–Kier alpha value is -2.25. The molecule has 1 saturated heterocycles. The molecule has 176 valence electrons. The number of ether oxygens (including phenoxy) is 2. The third-order valence-electron chi connectivity index (χ3n) is 6.20. The van der Waals surface area contributed by atoms with E-state index in [1.54, 1.807) is 7.11 Å². The molecule has 32 heavy (non-hydrogen) atoms. The second-order valence-electron chi connectivity index (χ2n) is 7.94. The molecule has 2 aromatic rings. The lowest BCUT2D eigenvalue weighted by molar-refractivity contribution is 0.0921. The van der Waals surface area contributed by atoms with Crippen LogP contribution in [0.25, 0.3) is 10.4 Å². The minimum atomic E-state index is -0.0207. The van der Waals surface area contributed by atoms with E-state index < -0.39 is 0 Å². The van der Waals surface area contributed by atoms with Crippen molar-refractivity contribution in [2.45, 2.75) is 53.0 Å². The summed E-state index contributed by atoms with van der Waals surface area (Å²) in [5.74, 6) is 1.45. The predicted octanol–water partition coefficient (Wildman–Crippen LogP) is 5.23. The molecular weight excluding hydrogens is 422 g/mol. The number of methoxy groups -OCH3 is 1. The third-order valence-corrected chi connectivity index (χ3v) is 7.31. The molecule has 0 spiro atoms. The SMILES string of the molecule is CCOc1c(-c2ccc(C(=O)NCN3CCCC3CC)s2)ccc(N(CC)CC)c1OC. The van der Waals surface area contributed by atoms with Crippen molar-refractivity contribution in [1.29, 1.82) is 0 Å². The third kappa shape index (κ3) is 5.21. The van der Waals surface area contributed by atoms with Gasteiger partial charge in [0.15, 0.2) is 11.5 Å². The maximum atomic E-state index is 12.8. The minimum absolute atomic E-state index is 0.0207. The second kappa shape index (κ2) is 11.6. The molecule has 2 heterocycles. The highest BCUT2D eigenvalue weighted by molar-refractivity contribution is 7.17. The Morgan fingerprint density at radius 1 is 1.16 bits per heavy atom. The molecule has 7 heteroatoms. The molecule has 1 amide bonds. The fourth-order valence-corrected chi connectivity index (χ4v) is 5.42. The van der Waals surface area contributed by atoms with Gasteiger partial charge in [0.2, 0.25) is 0 Å². The van der Waals surface area contributed by atoms with Crippen molar-refractivity contribution >= 4 is 22.9 Å². The summed E-state index contributed by atoms with van der Waals surface area (Å²) >= 11 is 1.49. The monoisotopic (exact) mass is 459 g/mol. The Morgan fingerprint density at radius 2 is 1.94 bits per heavy atom. The van der Waals surface area contributed by atoms with E-state index in [0.29, 0.717) is 24.2 Å². The number of carbonyl (C=O) groups is 1. The number of rotatable bonds is 11. The highest BCUT2D eigenvalue weighted by Crippen LogP contribution is 2.46. The first-order valence-corrected chi connectivity index (χ1v) is 12.6. The van der Waals surface area contributed by atoms with E-state index in [0.717, 1.165) is 53.7 Å². The summed E-state index contributed by atoms with van der Waals surface area (Å²) in [6.45, 7) is 12.4. The maximum Gasteiger partial charge on any atom is 0.262 e. The molecule has 3 rings (SSSR count). The van der Waals surface area contributed by atoms with E-state index in [9.17, 15) is 4.79 Å². The molecular formula is C25H37N3O3S. The summed E-state index contributed by atoms with van der Waals surface area (Å²) in [5.41, 5.74) is 1.98. The number of nitrogens with zero attached hydrogens (tertiary/aromatic N) is 2. The second-order valence-corrected chi connectivity index (χ2v) is 9.03.